The summed E-state index contributed by atoms with van der Waals surface area (Å²) < 4.78 is 5.38. The molecule has 0 amide bonds. The van der Waals surface area contributed by atoms with Gasteiger partial charge < -0.3 is 15.4 Å². The van der Waals surface area contributed by atoms with Gasteiger partial charge in [0.05, 0.1) is 23.9 Å². The van der Waals surface area contributed by atoms with Crippen LogP contribution in [0.4, 0.5) is 5.69 Å². The van der Waals surface area contributed by atoms with Gasteiger partial charge in [-0.05, 0) is 42.8 Å². The number of carbonyl (C=O) groups is 1. The molecule has 0 bridgehead atoms. The average molecular weight is 412 g/mol. The number of amidine groups is 1. The van der Waals surface area contributed by atoms with E-state index in [9.17, 15) is 10.1 Å². The molecule has 0 saturated carbocycles. The normalized spacial score (nSPS) is 18.4. The number of benzene rings is 1. The van der Waals surface area contributed by atoms with Crippen LogP contribution in [0, 0.1) is 11.3 Å². The van der Waals surface area contributed by atoms with E-state index in [1.54, 1.807) is 11.8 Å². The Kier molecular flexibility index (Phi) is 6.18. The summed E-state index contributed by atoms with van der Waals surface area (Å²) in [6.07, 6.45) is 1.47. The van der Waals surface area contributed by atoms with Crippen molar-refractivity contribution in [2.24, 2.45) is 10.7 Å². The van der Waals surface area contributed by atoms with Gasteiger partial charge in [0.15, 0.2) is 5.17 Å². The van der Waals surface area contributed by atoms with Gasteiger partial charge in [0.1, 0.15) is 16.8 Å². The molecule has 2 aliphatic heterocycles. The van der Waals surface area contributed by atoms with Crippen molar-refractivity contribution in [1.82, 2.24) is 4.90 Å². The van der Waals surface area contributed by atoms with E-state index in [1.807, 2.05) is 50.2 Å². The topological polar surface area (TPSA) is 95.0 Å². The van der Waals surface area contributed by atoms with E-state index < -0.39 is 12.0 Å². The molecule has 0 aliphatic carbocycles. The van der Waals surface area contributed by atoms with Crippen LogP contribution in [0.25, 0.3) is 0 Å². The van der Waals surface area contributed by atoms with Gasteiger partial charge in [-0.25, -0.2) is 9.79 Å². The summed E-state index contributed by atoms with van der Waals surface area (Å²) in [7, 11) is 3.95. The van der Waals surface area contributed by atoms with Crippen LogP contribution >= 0.6 is 11.8 Å². The molecule has 0 unspecified atom stereocenters. The number of nitrogens with two attached hydrogens (primary N) is 1. The molecule has 152 valence electrons. The number of hydrogen-bond donors (Lipinski definition) is 1. The third-order valence-electron chi connectivity index (χ3n) is 4.77. The molecule has 1 atom stereocenters. The van der Waals surface area contributed by atoms with Gasteiger partial charge in [0.25, 0.3) is 0 Å². The van der Waals surface area contributed by atoms with E-state index in [-0.39, 0.29) is 6.61 Å². The molecule has 29 heavy (non-hydrogen) atoms. The second-order valence-corrected chi connectivity index (χ2v) is 7.89. The van der Waals surface area contributed by atoms with Crippen molar-refractivity contribution in [3.8, 4) is 6.07 Å². The summed E-state index contributed by atoms with van der Waals surface area (Å²) in [5.41, 5.74) is 9.42. The quantitative estimate of drug-likeness (QED) is 0.716. The lowest BCUT2D eigenvalue weighted by Crippen LogP contribution is -2.39. The summed E-state index contributed by atoms with van der Waals surface area (Å²) >= 11 is 1.24. The van der Waals surface area contributed by atoms with Crippen LogP contribution in [0.15, 0.2) is 51.3 Å². The molecule has 1 aromatic rings. The van der Waals surface area contributed by atoms with E-state index >= 15 is 0 Å². The minimum atomic E-state index is -0.488. The molecule has 0 saturated heterocycles. The maximum Gasteiger partial charge on any atom is 0.338 e. The summed E-state index contributed by atoms with van der Waals surface area (Å²) in [5, 5.41) is 10.1. The number of thioether (sulfide) groups is 1. The highest BCUT2D eigenvalue weighted by Crippen LogP contribution is 2.46. The first-order valence-electron chi connectivity index (χ1n) is 9.55. The second-order valence-electron chi connectivity index (χ2n) is 6.91. The maximum absolute atomic E-state index is 13.0. The van der Waals surface area contributed by atoms with Crippen molar-refractivity contribution in [1.29, 1.82) is 5.26 Å². The van der Waals surface area contributed by atoms with Crippen LogP contribution in [-0.4, -0.2) is 36.7 Å². The van der Waals surface area contributed by atoms with Gasteiger partial charge in [0.2, 0.25) is 0 Å². The molecule has 2 aliphatic rings. The first-order chi connectivity index (χ1) is 13.9. The Morgan fingerprint density at radius 3 is 2.59 bits per heavy atom. The molecule has 7 nitrogen and oxygen atoms in total. The zero-order valence-corrected chi connectivity index (χ0v) is 17.9. The number of allylic oxidation sites excluding steroid dienone is 2. The Balaban J connectivity index is 2.19. The average Bonchev–Trinajstić information content (AvgIpc) is 3.03. The highest BCUT2D eigenvalue weighted by Gasteiger charge is 2.43. The number of anilines is 1. The fourth-order valence-corrected chi connectivity index (χ4v) is 4.30. The predicted octanol–water partition coefficient (Wildman–Crippen LogP) is 3.48. The number of nitriles is 1. The number of aliphatic imine (C=N–C) groups is 1. The van der Waals surface area contributed by atoms with Crippen LogP contribution in [0.5, 0.6) is 0 Å². The van der Waals surface area contributed by atoms with E-state index in [0.717, 1.165) is 17.7 Å². The molecule has 2 heterocycles. The summed E-state index contributed by atoms with van der Waals surface area (Å²) in [6.45, 7) is 4.09. The number of ether oxygens (including phenoxy) is 1. The number of carbonyl (C=O) groups excluding carboxylic acids is 1. The predicted molar refractivity (Wildman–Crippen MR) is 116 cm³/mol. The fourth-order valence-electron chi connectivity index (χ4n) is 3.41. The van der Waals surface area contributed by atoms with Crippen LogP contribution < -0.4 is 10.6 Å². The molecule has 1 aromatic carbocycles. The number of esters is 1. The lowest BCUT2D eigenvalue weighted by atomic mass is 9.92. The van der Waals surface area contributed by atoms with Crippen molar-refractivity contribution in [3.05, 3.63) is 51.8 Å². The van der Waals surface area contributed by atoms with Crippen LogP contribution in [0.3, 0.4) is 0 Å². The van der Waals surface area contributed by atoms with Gasteiger partial charge in [-0.1, -0.05) is 25.5 Å². The first kappa shape index (κ1) is 20.8. The SMILES string of the molecule is CCCC1=C(C(=O)OCC)[C@@H](c2ccc(N(C)C)cc2)N2C(=N1)SC(C#N)=C2N. The van der Waals surface area contributed by atoms with Crippen LogP contribution in [0.2, 0.25) is 0 Å². The lowest BCUT2D eigenvalue weighted by molar-refractivity contribution is -0.139. The molecule has 0 fully saturated rings. The smallest absolute Gasteiger partial charge is 0.338 e. The minimum Gasteiger partial charge on any atom is -0.463 e. The maximum atomic E-state index is 13.0. The Labute approximate surface area is 175 Å². The van der Waals surface area contributed by atoms with Crippen molar-refractivity contribution in [2.45, 2.75) is 32.7 Å². The van der Waals surface area contributed by atoms with Crippen molar-refractivity contribution in [2.75, 3.05) is 25.6 Å². The molecule has 0 spiro atoms. The molecule has 0 aromatic heterocycles. The Morgan fingerprint density at radius 2 is 2.03 bits per heavy atom. The number of fused-ring (bicyclic) bond motifs is 1. The Hall–Kier alpha value is -2.92. The summed E-state index contributed by atoms with van der Waals surface area (Å²) in [6, 6.07) is 9.60. The van der Waals surface area contributed by atoms with Crippen LogP contribution in [0.1, 0.15) is 38.3 Å². The summed E-state index contributed by atoms with van der Waals surface area (Å²) in [4.78, 5) is 21.8. The lowest BCUT2D eigenvalue weighted by Gasteiger charge is -2.35. The standard InChI is InChI=1S/C21H25N5O2S/c1-5-7-15-17(20(27)28-6-2)18(13-8-10-14(11-9-13)25(3)4)26-19(23)16(12-22)29-21(26)24-15/h8-11,18H,5-7,23H2,1-4H3/t18-/m1/s1. The minimum absolute atomic E-state index is 0.272. The fraction of sp³-hybridized carbons (Fsp3) is 0.381. The van der Waals surface area contributed by atoms with E-state index in [2.05, 4.69) is 6.07 Å². The highest BCUT2D eigenvalue weighted by molar-refractivity contribution is 8.17. The largest absolute Gasteiger partial charge is 0.463 e. The van der Waals surface area contributed by atoms with Gasteiger partial charge in [-0.3, -0.25) is 4.90 Å². The third-order valence-corrected chi connectivity index (χ3v) is 5.75. The summed E-state index contributed by atoms with van der Waals surface area (Å²) in [5.74, 6) is -0.0843. The van der Waals surface area contributed by atoms with Gasteiger partial charge in [-0.2, -0.15) is 5.26 Å². The Morgan fingerprint density at radius 1 is 1.34 bits per heavy atom. The van der Waals surface area contributed by atoms with E-state index in [1.165, 1.54) is 11.8 Å². The highest BCUT2D eigenvalue weighted by atomic mass is 32.2. The molecule has 3 rings (SSSR count). The van der Waals surface area contributed by atoms with Gasteiger partial charge in [0, 0.05) is 19.8 Å². The number of hydrogen-bond acceptors (Lipinski definition) is 8. The molecular weight excluding hydrogens is 386 g/mol. The van der Waals surface area contributed by atoms with Crippen molar-refractivity contribution < 1.29 is 9.53 Å². The van der Waals surface area contributed by atoms with E-state index in [4.69, 9.17) is 15.5 Å². The Bertz CT molecular complexity index is 941. The van der Waals surface area contributed by atoms with Crippen molar-refractivity contribution in [3.63, 3.8) is 0 Å². The van der Waals surface area contributed by atoms with Crippen LogP contribution in [-0.2, 0) is 9.53 Å². The third kappa shape index (κ3) is 3.83. The number of rotatable bonds is 6. The zero-order chi connectivity index (χ0) is 21.1. The second kappa shape index (κ2) is 8.62. The van der Waals surface area contributed by atoms with E-state index in [0.29, 0.717) is 33.6 Å². The molecular formula is C21H25N5O2S. The van der Waals surface area contributed by atoms with Crippen molar-refractivity contribution >= 4 is 28.6 Å². The molecule has 8 heteroatoms. The monoisotopic (exact) mass is 411 g/mol. The first-order valence-corrected chi connectivity index (χ1v) is 10.4. The zero-order valence-electron chi connectivity index (χ0n) is 17.1. The van der Waals surface area contributed by atoms with Gasteiger partial charge >= 0.3 is 5.97 Å². The van der Waals surface area contributed by atoms with Gasteiger partial charge in [-0.15, -0.1) is 0 Å². The molecule has 2 N–H and O–H groups in total. The number of nitrogens with zero attached hydrogens (tertiary/aromatic N) is 4. The molecule has 0 radical (unpaired) electrons.